The van der Waals surface area contributed by atoms with E-state index in [0.717, 1.165) is 38.5 Å². The van der Waals surface area contributed by atoms with Gasteiger partial charge in [0.05, 0.1) is 26.8 Å². The minimum atomic E-state index is -0.698. The molecule has 0 N–H and O–H groups in total. The van der Waals surface area contributed by atoms with Crippen LogP contribution in [0.2, 0.25) is 0 Å². The highest BCUT2D eigenvalue weighted by atomic mass is 32.1. The highest BCUT2D eigenvalue weighted by molar-refractivity contribution is 7.09. The third-order valence-corrected chi connectivity index (χ3v) is 6.42. The van der Waals surface area contributed by atoms with Gasteiger partial charge in [-0.05, 0) is 37.1 Å². The third kappa shape index (κ3) is 3.16. The fourth-order valence-electron chi connectivity index (χ4n) is 4.07. The van der Waals surface area contributed by atoms with Crippen molar-refractivity contribution in [3.63, 3.8) is 0 Å². The predicted molar refractivity (Wildman–Crippen MR) is 117 cm³/mol. The van der Waals surface area contributed by atoms with E-state index in [1.54, 1.807) is 16.2 Å². The van der Waals surface area contributed by atoms with Gasteiger partial charge in [-0.2, -0.15) is 0 Å². The van der Waals surface area contributed by atoms with Crippen LogP contribution < -0.4 is 4.90 Å². The van der Waals surface area contributed by atoms with Gasteiger partial charge < -0.3 is 4.90 Å². The maximum absolute atomic E-state index is 13.0. The Labute approximate surface area is 186 Å². The molecule has 3 amide bonds. The van der Waals surface area contributed by atoms with E-state index in [0.29, 0.717) is 13.0 Å². The van der Waals surface area contributed by atoms with Crippen LogP contribution in [-0.2, 0) is 11.2 Å². The van der Waals surface area contributed by atoms with Gasteiger partial charge in [0.15, 0.2) is 0 Å². The van der Waals surface area contributed by atoms with Crippen LogP contribution >= 0.6 is 11.3 Å². The molecule has 2 aliphatic heterocycles. The molecule has 32 heavy (non-hydrogen) atoms. The average Bonchev–Trinajstić information content (AvgIpc) is 3.46. The highest BCUT2D eigenvalue weighted by Crippen LogP contribution is 2.33. The number of thiazole rings is 1. The van der Waals surface area contributed by atoms with E-state index in [4.69, 9.17) is 0 Å². The molecule has 1 aromatic heterocycles. The van der Waals surface area contributed by atoms with E-state index in [1.165, 1.54) is 12.1 Å². The number of aromatic nitrogens is 1. The van der Waals surface area contributed by atoms with Crippen molar-refractivity contribution < 1.29 is 19.3 Å². The van der Waals surface area contributed by atoms with Crippen molar-refractivity contribution in [2.45, 2.75) is 13.3 Å². The first kappa shape index (κ1) is 20.0. The van der Waals surface area contributed by atoms with Crippen LogP contribution in [0.1, 0.15) is 31.3 Å². The largest absolute Gasteiger partial charge is 0.310 e. The third-order valence-electron chi connectivity index (χ3n) is 5.65. The fraction of sp³-hybridized carbons (Fsp3) is 0.182. The first-order valence-corrected chi connectivity index (χ1v) is 10.7. The number of nitro benzene ring substituents is 1. The zero-order chi connectivity index (χ0) is 22.6. The molecule has 160 valence electrons. The molecule has 0 saturated carbocycles. The summed E-state index contributed by atoms with van der Waals surface area (Å²) in [6.45, 7) is 1.97. The lowest BCUT2D eigenvalue weighted by Gasteiger charge is -2.21. The monoisotopic (exact) mass is 448 g/mol. The van der Waals surface area contributed by atoms with E-state index in [-0.39, 0.29) is 22.7 Å². The number of amides is 3. The van der Waals surface area contributed by atoms with Crippen LogP contribution in [0, 0.1) is 17.0 Å². The number of hydrogen-bond acceptors (Lipinski definition) is 7. The molecule has 2 aliphatic rings. The topological polar surface area (TPSA) is 114 Å². The molecule has 0 aliphatic carbocycles. The van der Waals surface area contributed by atoms with Crippen molar-refractivity contribution in [1.29, 1.82) is 0 Å². The summed E-state index contributed by atoms with van der Waals surface area (Å²) in [6.07, 6.45) is 0.659. The number of carbonyl (C=O) groups is 3. The van der Waals surface area contributed by atoms with Gasteiger partial charge in [-0.1, -0.05) is 6.07 Å². The number of nitro groups is 1. The summed E-state index contributed by atoms with van der Waals surface area (Å²) in [5.74, 6) is -1.71. The average molecular weight is 448 g/mol. The second kappa shape index (κ2) is 7.34. The molecule has 3 aromatic rings. The van der Waals surface area contributed by atoms with Crippen LogP contribution in [-0.4, -0.2) is 45.6 Å². The van der Waals surface area contributed by atoms with Crippen LogP contribution in [0.3, 0.4) is 0 Å². The summed E-state index contributed by atoms with van der Waals surface area (Å²) in [6, 6.07) is 9.28. The quantitative estimate of drug-likeness (QED) is 0.344. The Morgan fingerprint density at radius 3 is 2.66 bits per heavy atom. The summed E-state index contributed by atoms with van der Waals surface area (Å²) in [4.78, 5) is 55.6. The second-order valence-electron chi connectivity index (χ2n) is 7.57. The van der Waals surface area contributed by atoms with Crippen molar-refractivity contribution in [3.05, 3.63) is 73.6 Å². The van der Waals surface area contributed by atoms with E-state index in [2.05, 4.69) is 4.98 Å². The second-order valence-corrected chi connectivity index (χ2v) is 8.64. The van der Waals surface area contributed by atoms with Gasteiger partial charge in [0.25, 0.3) is 17.5 Å². The number of benzene rings is 2. The van der Waals surface area contributed by atoms with E-state index < -0.39 is 23.3 Å². The van der Waals surface area contributed by atoms with Crippen molar-refractivity contribution in [1.82, 2.24) is 9.88 Å². The number of nitrogens with zero attached hydrogens (tertiary/aromatic N) is 4. The van der Waals surface area contributed by atoms with Gasteiger partial charge in [0, 0.05) is 35.3 Å². The van der Waals surface area contributed by atoms with Crippen molar-refractivity contribution in [3.8, 4) is 11.3 Å². The molecule has 9 nitrogen and oxygen atoms in total. The minimum absolute atomic E-state index is 0.0537. The van der Waals surface area contributed by atoms with Crippen molar-refractivity contribution in [2.24, 2.45) is 0 Å². The summed E-state index contributed by atoms with van der Waals surface area (Å²) >= 11 is 1.57. The van der Waals surface area contributed by atoms with Gasteiger partial charge in [0.2, 0.25) is 5.91 Å². The highest BCUT2D eigenvalue weighted by Gasteiger charge is 2.39. The van der Waals surface area contributed by atoms with Crippen LogP contribution in [0.15, 0.2) is 41.8 Å². The standard InChI is InChI=1S/C22H16N4O5S/c1-12-23-18(11-32-12)13-2-5-19-14(8-13)6-7-24(19)20(27)10-25-21(28)16-4-3-15(26(30)31)9-17(16)22(25)29/h2-5,8-9,11H,6-7,10H2,1H3. The van der Waals surface area contributed by atoms with Gasteiger partial charge in [-0.3, -0.25) is 29.4 Å². The first-order valence-electron chi connectivity index (χ1n) is 9.84. The molecule has 0 spiro atoms. The molecule has 0 unspecified atom stereocenters. The molecule has 3 heterocycles. The Kier molecular flexibility index (Phi) is 4.59. The van der Waals surface area contributed by atoms with Crippen LogP contribution in [0.4, 0.5) is 11.4 Å². The Morgan fingerprint density at radius 1 is 1.16 bits per heavy atom. The number of carbonyl (C=O) groups excluding carboxylic acids is 3. The zero-order valence-electron chi connectivity index (χ0n) is 16.9. The number of non-ortho nitro benzene ring substituents is 1. The number of hydrogen-bond donors (Lipinski definition) is 0. The molecule has 0 saturated heterocycles. The number of rotatable bonds is 4. The van der Waals surface area contributed by atoms with Crippen molar-refractivity contribution in [2.75, 3.05) is 18.0 Å². The Hall–Kier alpha value is -3.92. The summed E-state index contributed by atoms with van der Waals surface area (Å²) in [5, 5.41) is 13.9. The molecular weight excluding hydrogens is 432 g/mol. The lowest BCUT2D eigenvalue weighted by Crippen LogP contribution is -2.42. The number of aryl methyl sites for hydroxylation is 1. The van der Waals surface area contributed by atoms with Crippen molar-refractivity contribution >= 4 is 40.4 Å². The fourth-order valence-corrected chi connectivity index (χ4v) is 4.69. The van der Waals surface area contributed by atoms with Crippen LogP contribution in [0.25, 0.3) is 11.3 Å². The minimum Gasteiger partial charge on any atom is -0.310 e. The summed E-state index contributed by atoms with van der Waals surface area (Å²) in [7, 11) is 0. The van der Waals surface area contributed by atoms with E-state index in [1.807, 2.05) is 30.5 Å². The maximum atomic E-state index is 13.0. The number of anilines is 1. The van der Waals surface area contributed by atoms with Gasteiger partial charge in [-0.25, -0.2) is 4.98 Å². The SMILES string of the molecule is Cc1nc(-c2ccc3c(c2)CCN3C(=O)CN2C(=O)c3ccc([N+](=O)[O-])cc3C2=O)cs1. The number of imide groups is 1. The Morgan fingerprint density at radius 2 is 1.94 bits per heavy atom. The first-order chi connectivity index (χ1) is 15.3. The van der Waals surface area contributed by atoms with E-state index >= 15 is 0 Å². The number of fused-ring (bicyclic) bond motifs is 2. The normalized spacial score (nSPS) is 14.7. The Bertz CT molecular complexity index is 1330. The van der Waals surface area contributed by atoms with Gasteiger partial charge >= 0.3 is 0 Å². The van der Waals surface area contributed by atoms with Gasteiger partial charge in [-0.15, -0.1) is 11.3 Å². The molecule has 2 aromatic carbocycles. The van der Waals surface area contributed by atoms with E-state index in [9.17, 15) is 24.5 Å². The summed E-state index contributed by atoms with van der Waals surface area (Å²) < 4.78 is 0. The molecule has 0 radical (unpaired) electrons. The molecule has 0 atom stereocenters. The molecule has 10 heteroatoms. The Balaban J connectivity index is 1.36. The lowest BCUT2D eigenvalue weighted by atomic mass is 10.1. The smallest absolute Gasteiger partial charge is 0.270 e. The molecule has 0 bridgehead atoms. The molecular formula is C22H16N4O5S. The molecule has 5 rings (SSSR count). The predicted octanol–water partition coefficient (Wildman–Crippen LogP) is 3.21. The van der Waals surface area contributed by atoms with Gasteiger partial charge in [0.1, 0.15) is 6.54 Å². The maximum Gasteiger partial charge on any atom is 0.270 e. The molecule has 0 fully saturated rings. The summed E-state index contributed by atoms with van der Waals surface area (Å²) in [5.41, 5.74) is 3.35. The van der Waals surface area contributed by atoms with Crippen LogP contribution in [0.5, 0.6) is 0 Å². The zero-order valence-corrected chi connectivity index (χ0v) is 17.7. The lowest BCUT2D eigenvalue weighted by molar-refractivity contribution is -0.384.